The van der Waals surface area contributed by atoms with Crippen molar-refractivity contribution in [2.24, 2.45) is 0 Å². The number of hydrogen-bond acceptors (Lipinski definition) is 1. The van der Waals surface area contributed by atoms with E-state index < -0.39 is 0 Å². The van der Waals surface area contributed by atoms with Crippen LogP contribution in [0.15, 0.2) is 11.5 Å². The van der Waals surface area contributed by atoms with Gasteiger partial charge in [-0.1, -0.05) is 90.6 Å². The molecular weight excluding hydrogens is 248 g/mol. The summed E-state index contributed by atoms with van der Waals surface area (Å²) >= 11 is 2.00. The molecule has 0 saturated heterocycles. The Labute approximate surface area is 126 Å². The fraction of sp³-hybridized carbons (Fsp3) is 0.889. The second kappa shape index (κ2) is 18.1. The van der Waals surface area contributed by atoms with Gasteiger partial charge in [-0.25, -0.2) is 0 Å². The minimum absolute atomic E-state index is 1.27. The maximum atomic E-state index is 2.34. The van der Waals surface area contributed by atoms with E-state index in [0.717, 1.165) is 0 Å². The summed E-state index contributed by atoms with van der Waals surface area (Å²) in [6, 6.07) is 0. The van der Waals surface area contributed by atoms with Crippen molar-refractivity contribution in [1.29, 1.82) is 0 Å². The number of hydrogen-bond donors (Lipinski definition) is 0. The Morgan fingerprint density at radius 1 is 0.632 bits per heavy atom. The lowest BCUT2D eigenvalue weighted by atomic mass is 10.1. The van der Waals surface area contributed by atoms with Crippen LogP contribution in [-0.2, 0) is 0 Å². The lowest BCUT2D eigenvalue weighted by Gasteiger charge is -2.01. The van der Waals surface area contributed by atoms with Crippen LogP contribution in [0.4, 0.5) is 0 Å². The van der Waals surface area contributed by atoms with Gasteiger partial charge in [0, 0.05) is 0 Å². The van der Waals surface area contributed by atoms with E-state index in [1.807, 2.05) is 11.8 Å². The van der Waals surface area contributed by atoms with Gasteiger partial charge in [0.25, 0.3) is 0 Å². The predicted molar refractivity (Wildman–Crippen MR) is 93.0 cm³/mol. The Morgan fingerprint density at radius 3 is 1.74 bits per heavy atom. The third-order valence-corrected chi connectivity index (χ3v) is 4.44. The molecule has 0 aromatic rings. The Bertz CT molecular complexity index is 175. The molecule has 0 heterocycles. The summed E-state index contributed by atoms with van der Waals surface area (Å²) in [5.74, 6) is 1.32. The normalized spacial score (nSPS) is 11.5. The summed E-state index contributed by atoms with van der Waals surface area (Å²) in [5.41, 5.74) is 0. The average molecular weight is 285 g/mol. The van der Waals surface area contributed by atoms with Gasteiger partial charge in [0.2, 0.25) is 0 Å². The number of allylic oxidation sites excluding steroid dienone is 1. The molecule has 114 valence electrons. The van der Waals surface area contributed by atoms with Gasteiger partial charge in [-0.05, 0) is 24.0 Å². The molecule has 0 aromatic carbocycles. The first-order chi connectivity index (χ1) is 9.41. The van der Waals surface area contributed by atoms with Crippen LogP contribution >= 0.6 is 11.8 Å². The van der Waals surface area contributed by atoms with E-state index in [1.54, 1.807) is 0 Å². The zero-order chi connectivity index (χ0) is 14.0. The molecule has 0 N–H and O–H groups in total. The van der Waals surface area contributed by atoms with Crippen LogP contribution in [0, 0.1) is 0 Å². The topological polar surface area (TPSA) is 0 Å². The Kier molecular flexibility index (Phi) is 18.2. The van der Waals surface area contributed by atoms with Crippen molar-refractivity contribution in [1.82, 2.24) is 0 Å². The molecule has 0 aromatic heterocycles. The molecule has 19 heavy (non-hydrogen) atoms. The fourth-order valence-corrected chi connectivity index (χ4v) is 2.98. The molecule has 0 aliphatic carbocycles. The van der Waals surface area contributed by atoms with Crippen molar-refractivity contribution in [2.75, 3.05) is 5.75 Å². The standard InChI is InChI=1S/C18H36S/c1-3-5-7-9-10-11-12-13-14-16-18-19-17-15-8-6-4-2/h15,17H,3-14,16,18H2,1-2H3/b17-15+. The average Bonchev–Trinajstić information content (AvgIpc) is 2.43. The molecular formula is C18H36S. The zero-order valence-corrected chi connectivity index (χ0v) is 14.3. The summed E-state index contributed by atoms with van der Waals surface area (Å²) in [6.45, 7) is 4.54. The van der Waals surface area contributed by atoms with Crippen LogP contribution in [0.3, 0.4) is 0 Å². The molecule has 0 amide bonds. The highest BCUT2D eigenvalue weighted by atomic mass is 32.2. The van der Waals surface area contributed by atoms with Crippen molar-refractivity contribution < 1.29 is 0 Å². The second-order valence-electron chi connectivity index (χ2n) is 5.57. The molecule has 0 fully saturated rings. The highest BCUT2D eigenvalue weighted by Crippen LogP contribution is 2.13. The van der Waals surface area contributed by atoms with E-state index in [4.69, 9.17) is 0 Å². The molecule has 0 saturated carbocycles. The van der Waals surface area contributed by atoms with Crippen molar-refractivity contribution >= 4 is 11.8 Å². The van der Waals surface area contributed by atoms with E-state index in [-0.39, 0.29) is 0 Å². The Morgan fingerprint density at radius 2 is 1.16 bits per heavy atom. The molecule has 0 rings (SSSR count). The largest absolute Gasteiger partial charge is 0.134 e. The summed E-state index contributed by atoms with van der Waals surface area (Å²) in [4.78, 5) is 0. The third-order valence-electron chi connectivity index (χ3n) is 3.53. The second-order valence-corrected chi connectivity index (χ2v) is 6.58. The summed E-state index contributed by atoms with van der Waals surface area (Å²) < 4.78 is 0. The maximum absolute atomic E-state index is 2.34. The van der Waals surface area contributed by atoms with Crippen LogP contribution < -0.4 is 0 Å². The highest BCUT2D eigenvalue weighted by Gasteiger charge is 1.92. The van der Waals surface area contributed by atoms with Crippen molar-refractivity contribution in [3.63, 3.8) is 0 Å². The molecule has 0 bridgehead atoms. The van der Waals surface area contributed by atoms with Gasteiger partial charge in [-0.2, -0.15) is 0 Å². The van der Waals surface area contributed by atoms with Crippen LogP contribution in [0.2, 0.25) is 0 Å². The highest BCUT2D eigenvalue weighted by molar-refractivity contribution is 8.02. The van der Waals surface area contributed by atoms with E-state index in [2.05, 4.69) is 25.3 Å². The van der Waals surface area contributed by atoms with Gasteiger partial charge in [0.05, 0.1) is 0 Å². The van der Waals surface area contributed by atoms with Crippen molar-refractivity contribution in [3.8, 4) is 0 Å². The first-order valence-electron chi connectivity index (χ1n) is 8.68. The first kappa shape index (κ1) is 19.1. The molecule has 0 atom stereocenters. The van der Waals surface area contributed by atoms with Gasteiger partial charge in [-0.3, -0.25) is 0 Å². The minimum Gasteiger partial charge on any atom is -0.134 e. The Hall–Kier alpha value is 0.0900. The van der Waals surface area contributed by atoms with Crippen LogP contribution in [0.25, 0.3) is 0 Å². The fourth-order valence-electron chi connectivity index (χ4n) is 2.20. The lowest BCUT2D eigenvalue weighted by molar-refractivity contribution is 0.563. The first-order valence-corrected chi connectivity index (χ1v) is 9.73. The summed E-state index contributed by atoms with van der Waals surface area (Å²) in [5, 5.41) is 2.31. The number of rotatable bonds is 15. The van der Waals surface area contributed by atoms with Crippen LogP contribution in [0.1, 0.15) is 97.3 Å². The quantitative estimate of drug-likeness (QED) is 0.283. The van der Waals surface area contributed by atoms with E-state index in [1.165, 1.54) is 89.2 Å². The summed E-state index contributed by atoms with van der Waals surface area (Å²) in [6.07, 6.45) is 20.7. The van der Waals surface area contributed by atoms with Crippen molar-refractivity contribution in [2.45, 2.75) is 97.3 Å². The number of thioether (sulfide) groups is 1. The smallest absolute Gasteiger partial charge is 0.00261 e. The molecule has 0 unspecified atom stereocenters. The monoisotopic (exact) mass is 284 g/mol. The molecule has 0 spiro atoms. The molecule has 0 radical (unpaired) electrons. The van der Waals surface area contributed by atoms with Crippen LogP contribution in [0.5, 0.6) is 0 Å². The maximum Gasteiger partial charge on any atom is -0.00261 e. The van der Waals surface area contributed by atoms with E-state index >= 15 is 0 Å². The molecule has 0 aliphatic rings. The minimum atomic E-state index is 1.27. The lowest BCUT2D eigenvalue weighted by Crippen LogP contribution is -1.83. The van der Waals surface area contributed by atoms with Gasteiger partial charge >= 0.3 is 0 Å². The third kappa shape index (κ3) is 18.1. The van der Waals surface area contributed by atoms with Gasteiger partial charge in [0.1, 0.15) is 0 Å². The summed E-state index contributed by atoms with van der Waals surface area (Å²) in [7, 11) is 0. The van der Waals surface area contributed by atoms with Gasteiger partial charge in [0.15, 0.2) is 0 Å². The Balaban J connectivity index is 2.97. The van der Waals surface area contributed by atoms with Gasteiger partial charge in [-0.15, -0.1) is 11.8 Å². The van der Waals surface area contributed by atoms with Gasteiger partial charge < -0.3 is 0 Å². The van der Waals surface area contributed by atoms with Crippen LogP contribution in [-0.4, -0.2) is 5.75 Å². The number of unbranched alkanes of at least 4 members (excludes halogenated alkanes) is 11. The van der Waals surface area contributed by atoms with Crippen molar-refractivity contribution in [3.05, 3.63) is 11.5 Å². The zero-order valence-electron chi connectivity index (χ0n) is 13.5. The molecule has 0 nitrogen and oxygen atoms in total. The van der Waals surface area contributed by atoms with E-state index in [9.17, 15) is 0 Å². The predicted octanol–water partition coefficient (Wildman–Crippen LogP) is 7.34. The SMILES string of the molecule is CCCC/C=C/SCCCCCCCCCCCC. The van der Waals surface area contributed by atoms with E-state index in [0.29, 0.717) is 0 Å². The molecule has 1 heteroatoms. The molecule has 0 aliphatic heterocycles.